The molecule has 74 valence electrons. The second kappa shape index (κ2) is 5.56. The van der Waals surface area contributed by atoms with Gasteiger partial charge in [0.25, 0.3) is 0 Å². The van der Waals surface area contributed by atoms with Gasteiger partial charge in [-0.3, -0.25) is 0 Å². The summed E-state index contributed by atoms with van der Waals surface area (Å²) in [6, 6.07) is 1.88. The minimum atomic E-state index is 0.627. The van der Waals surface area contributed by atoms with Crippen molar-refractivity contribution < 1.29 is 4.74 Å². The van der Waals surface area contributed by atoms with Crippen LogP contribution in [0.15, 0.2) is 12.3 Å². The van der Waals surface area contributed by atoms with Crippen LogP contribution in [-0.4, -0.2) is 17.8 Å². The van der Waals surface area contributed by atoms with Crippen LogP contribution in [-0.2, 0) is 0 Å². The lowest BCUT2D eigenvalue weighted by Gasteiger charge is -2.00. The Bertz CT molecular complexity index is 365. The maximum absolute atomic E-state index is 5.00. The summed E-state index contributed by atoms with van der Waals surface area (Å²) in [5, 5.41) is 0. The highest BCUT2D eigenvalue weighted by Crippen LogP contribution is 2.11. The molecule has 0 radical (unpaired) electrons. The zero-order chi connectivity index (χ0) is 10.4. The van der Waals surface area contributed by atoms with Crippen LogP contribution in [0.2, 0.25) is 0 Å². The van der Waals surface area contributed by atoms with E-state index in [0.717, 1.165) is 23.3 Å². The number of pyridine rings is 1. The number of hydrogen-bond acceptors (Lipinski definition) is 3. The molecule has 1 rings (SSSR count). The maximum atomic E-state index is 5.00. The van der Waals surface area contributed by atoms with Gasteiger partial charge >= 0.3 is 0 Å². The van der Waals surface area contributed by atoms with E-state index in [-0.39, 0.29) is 0 Å². The van der Waals surface area contributed by atoms with Gasteiger partial charge in [0.2, 0.25) is 5.88 Å². The van der Waals surface area contributed by atoms with E-state index in [0.29, 0.717) is 5.88 Å². The van der Waals surface area contributed by atoms with Gasteiger partial charge in [-0.15, -0.1) is 0 Å². The minimum Gasteiger partial charge on any atom is -0.481 e. The zero-order valence-corrected chi connectivity index (χ0v) is 9.27. The Morgan fingerprint density at radius 2 is 2.36 bits per heavy atom. The highest BCUT2D eigenvalue weighted by Gasteiger charge is 1.97. The van der Waals surface area contributed by atoms with E-state index in [4.69, 9.17) is 4.74 Å². The second-order valence-electron chi connectivity index (χ2n) is 2.82. The first-order valence-electron chi connectivity index (χ1n) is 4.38. The fourth-order valence-corrected chi connectivity index (χ4v) is 1.10. The van der Waals surface area contributed by atoms with Crippen molar-refractivity contribution in [2.45, 2.75) is 13.3 Å². The van der Waals surface area contributed by atoms with Gasteiger partial charge in [-0.1, -0.05) is 11.8 Å². The van der Waals surface area contributed by atoms with Gasteiger partial charge in [0, 0.05) is 30.0 Å². The van der Waals surface area contributed by atoms with Gasteiger partial charge in [0.1, 0.15) is 0 Å². The first kappa shape index (κ1) is 10.9. The Kier molecular flexibility index (Phi) is 4.34. The molecule has 0 fully saturated rings. The molecule has 0 amide bonds. The lowest BCUT2D eigenvalue weighted by molar-refractivity contribution is 0.397. The molecule has 0 aliphatic rings. The minimum absolute atomic E-state index is 0.627. The molecule has 1 aromatic heterocycles. The third-order valence-corrected chi connectivity index (χ3v) is 1.98. The van der Waals surface area contributed by atoms with E-state index in [2.05, 4.69) is 29.5 Å². The molecule has 0 bridgehead atoms. The molecule has 1 aromatic rings. The van der Waals surface area contributed by atoms with Crippen LogP contribution in [0.3, 0.4) is 0 Å². The van der Waals surface area contributed by atoms with Crippen molar-refractivity contribution in [3.63, 3.8) is 0 Å². The molecule has 0 atom stereocenters. The molecule has 0 N–H and O–H groups in total. The van der Waals surface area contributed by atoms with Gasteiger partial charge in [-0.25, -0.2) is 4.98 Å². The number of thiol groups is 1. The lowest BCUT2D eigenvalue weighted by Crippen LogP contribution is -1.90. The Labute approximate surface area is 90.1 Å². The van der Waals surface area contributed by atoms with Gasteiger partial charge < -0.3 is 4.74 Å². The predicted octanol–water partition coefficient (Wildman–Crippen LogP) is 2.07. The molecule has 0 spiro atoms. The van der Waals surface area contributed by atoms with Crippen molar-refractivity contribution in [2.24, 2.45) is 0 Å². The Balaban J connectivity index is 2.85. The number of aromatic nitrogens is 1. The van der Waals surface area contributed by atoms with Crippen LogP contribution in [0.1, 0.15) is 17.5 Å². The molecular formula is C11H13NOS. The standard InChI is InChI=1S/C11H13NOS/c1-9-7-11(13-2)12-8-10(9)5-3-4-6-14/h7-8,14H,4,6H2,1-2H3. The van der Waals surface area contributed by atoms with E-state index >= 15 is 0 Å². The van der Waals surface area contributed by atoms with E-state index in [9.17, 15) is 0 Å². The SMILES string of the molecule is COc1cc(C)c(C#CCCS)cn1. The summed E-state index contributed by atoms with van der Waals surface area (Å²) in [6.45, 7) is 1.99. The normalized spacial score (nSPS) is 9.07. The lowest BCUT2D eigenvalue weighted by atomic mass is 10.1. The Hall–Kier alpha value is -1.14. The number of hydrogen-bond donors (Lipinski definition) is 1. The quantitative estimate of drug-likeness (QED) is 0.592. The number of ether oxygens (including phenoxy) is 1. The molecule has 3 heteroatoms. The monoisotopic (exact) mass is 207 g/mol. The predicted molar refractivity (Wildman–Crippen MR) is 60.9 cm³/mol. The Morgan fingerprint density at radius 3 is 2.93 bits per heavy atom. The number of nitrogens with zero attached hydrogens (tertiary/aromatic N) is 1. The van der Waals surface area contributed by atoms with Gasteiger partial charge in [-0.05, 0) is 12.5 Å². The number of rotatable bonds is 2. The van der Waals surface area contributed by atoms with E-state index in [1.54, 1.807) is 13.3 Å². The van der Waals surface area contributed by atoms with E-state index < -0.39 is 0 Å². The van der Waals surface area contributed by atoms with Gasteiger partial charge in [-0.2, -0.15) is 12.6 Å². The first-order chi connectivity index (χ1) is 6.77. The van der Waals surface area contributed by atoms with Crippen molar-refractivity contribution in [3.05, 3.63) is 23.4 Å². The summed E-state index contributed by atoms with van der Waals surface area (Å²) in [6.07, 6.45) is 2.54. The summed E-state index contributed by atoms with van der Waals surface area (Å²) in [5.41, 5.74) is 2.04. The van der Waals surface area contributed by atoms with E-state index in [1.807, 2.05) is 13.0 Å². The average Bonchev–Trinajstić information content (AvgIpc) is 2.20. The first-order valence-corrected chi connectivity index (χ1v) is 5.01. The molecule has 0 aliphatic carbocycles. The van der Waals surface area contributed by atoms with Crippen molar-refractivity contribution in [1.82, 2.24) is 4.98 Å². The van der Waals surface area contributed by atoms with Crippen LogP contribution in [0.25, 0.3) is 0 Å². The molecular weight excluding hydrogens is 194 g/mol. The van der Waals surface area contributed by atoms with Crippen LogP contribution >= 0.6 is 12.6 Å². The summed E-state index contributed by atoms with van der Waals surface area (Å²) in [5.74, 6) is 7.49. The second-order valence-corrected chi connectivity index (χ2v) is 3.26. The van der Waals surface area contributed by atoms with Crippen molar-refractivity contribution in [2.75, 3.05) is 12.9 Å². The highest BCUT2D eigenvalue weighted by molar-refractivity contribution is 7.80. The zero-order valence-electron chi connectivity index (χ0n) is 8.37. The highest BCUT2D eigenvalue weighted by atomic mass is 32.1. The van der Waals surface area contributed by atoms with Gasteiger partial charge in [0.15, 0.2) is 0 Å². The van der Waals surface area contributed by atoms with Crippen LogP contribution in [0, 0.1) is 18.8 Å². The largest absolute Gasteiger partial charge is 0.481 e. The molecule has 0 saturated carbocycles. The molecule has 0 aliphatic heterocycles. The molecule has 0 unspecified atom stereocenters. The van der Waals surface area contributed by atoms with Crippen molar-refractivity contribution in [1.29, 1.82) is 0 Å². The number of aryl methyl sites for hydroxylation is 1. The molecule has 0 saturated heterocycles. The topological polar surface area (TPSA) is 22.1 Å². The Morgan fingerprint density at radius 1 is 1.57 bits per heavy atom. The van der Waals surface area contributed by atoms with E-state index in [1.165, 1.54) is 0 Å². The summed E-state index contributed by atoms with van der Waals surface area (Å²) >= 11 is 4.09. The van der Waals surface area contributed by atoms with Gasteiger partial charge in [0.05, 0.1) is 7.11 Å². The molecule has 0 aromatic carbocycles. The molecule has 2 nitrogen and oxygen atoms in total. The third-order valence-electron chi connectivity index (χ3n) is 1.75. The third kappa shape index (κ3) is 2.97. The number of methoxy groups -OCH3 is 1. The molecule has 14 heavy (non-hydrogen) atoms. The van der Waals surface area contributed by atoms with Crippen LogP contribution in [0.5, 0.6) is 5.88 Å². The smallest absolute Gasteiger partial charge is 0.213 e. The fourth-order valence-electron chi connectivity index (χ4n) is 0.986. The summed E-state index contributed by atoms with van der Waals surface area (Å²) in [7, 11) is 1.61. The van der Waals surface area contributed by atoms with Crippen LogP contribution in [0.4, 0.5) is 0 Å². The summed E-state index contributed by atoms with van der Waals surface area (Å²) in [4.78, 5) is 4.09. The van der Waals surface area contributed by atoms with Crippen molar-refractivity contribution >= 4 is 12.6 Å². The fraction of sp³-hybridized carbons (Fsp3) is 0.364. The average molecular weight is 207 g/mol. The maximum Gasteiger partial charge on any atom is 0.213 e. The summed E-state index contributed by atoms with van der Waals surface area (Å²) < 4.78 is 5.00. The van der Waals surface area contributed by atoms with Crippen molar-refractivity contribution in [3.8, 4) is 17.7 Å². The molecule has 1 heterocycles. The van der Waals surface area contributed by atoms with Crippen LogP contribution < -0.4 is 4.74 Å².